The van der Waals surface area contributed by atoms with E-state index in [0.717, 1.165) is 22.6 Å². The van der Waals surface area contributed by atoms with Crippen molar-refractivity contribution in [2.24, 2.45) is 0 Å². The van der Waals surface area contributed by atoms with Gasteiger partial charge in [0.05, 0.1) is 14.2 Å². The van der Waals surface area contributed by atoms with Crippen LogP contribution >= 0.6 is 11.6 Å². The van der Waals surface area contributed by atoms with E-state index in [0.29, 0.717) is 11.6 Å². The lowest BCUT2D eigenvalue weighted by Crippen LogP contribution is -2.19. The molecule has 1 atom stereocenters. The molecular formula is C17H20ClNO2. The van der Waals surface area contributed by atoms with Gasteiger partial charge < -0.3 is 14.8 Å². The van der Waals surface area contributed by atoms with Gasteiger partial charge in [-0.1, -0.05) is 35.9 Å². The molecular weight excluding hydrogens is 286 g/mol. The zero-order chi connectivity index (χ0) is 15.2. The molecule has 2 aromatic rings. The first-order chi connectivity index (χ1) is 10.2. The Bertz CT molecular complexity index is 601. The quantitative estimate of drug-likeness (QED) is 0.867. The maximum Gasteiger partial charge on any atom is 0.124 e. The molecule has 0 unspecified atom stereocenters. The maximum atomic E-state index is 6.25. The van der Waals surface area contributed by atoms with Gasteiger partial charge in [-0.15, -0.1) is 0 Å². The molecule has 2 aromatic carbocycles. The Morgan fingerprint density at radius 2 is 1.67 bits per heavy atom. The summed E-state index contributed by atoms with van der Waals surface area (Å²) in [5.74, 6) is 1.67. The summed E-state index contributed by atoms with van der Waals surface area (Å²) in [6.07, 6.45) is 0. The van der Waals surface area contributed by atoms with Crippen LogP contribution in [-0.4, -0.2) is 14.2 Å². The molecule has 0 aromatic heterocycles. The summed E-state index contributed by atoms with van der Waals surface area (Å²) in [6.45, 7) is 2.73. The van der Waals surface area contributed by atoms with Crippen LogP contribution in [0.15, 0.2) is 42.5 Å². The summed E-state index contributed by atoms with van der Waals surface area (Å²) in [4.78, 5) is 0. The minimum Gasteiger partial charge on any atom is -0.496 e. The average Bonchev–Trinajstić information content (AvgIpc) is 2.53. The van der Waals surface area contributed by atoms with Crippen LogP contribution in [0.5, 0.6) is 11.5 Å². The Morgan fingerprint density at radius 3 is 2.38 bits per heavy atom. The summed E-state index contributed by atoms with van der Waals surface area (Å²) >= 11 is 6.25. The van der Waals surface area contributed by atoms with Crippen LogP contribution in [0.4, 0.5) is 0 Å². The zero-order valence-corrected chi connectivity index (χ0v) is 13.3. The molecule has 0 fully saturated rings. The highest BCUT2D eigenvalue weighted by Gasteiger charge is 2.13. The van der Waals surface area contributed by atoms with Crippen LogP contribution in [-0.2, 0) is 6.54 Å². The standard InChI is InChI=1S/C17H20ClNO2/c1-12(13-7-4-5-9-16(13)20-2)19-11-14-15(18)8-6-10-17(14)21-3/h4-10,12,19H,11H2,1-3H3/t12-/m0/s1. The summed E-state index contributed by atoms with van der Waals surface area (Å²) in [5, 5.41) is 4.16. The Labute approximate surface area is 130 Å². The Balaban J connectivity index is 2.13. The minimum atomic E-state index is 0.141. The lowest BCUT2D eigenvalue weighted by molar-refractivity contribution is 0.397. The van der Waals surface area contributed by atoms with Crippen LogP contribution in [0.1, 0.15) is 24.1 Å². The lowest BCUT2D eigenvalue weighted by Gasteiger charge is -2.18. The van der Waals surface area contributed by atoms with Crippen molar-refractivity contribution in [3.8, 4) is 11.5 Å². The first kappa shape index (κ1) is 15.7. The van der Waals surface area contributed by atoms with Crippen LogP contribution in [0.25, 0.3) is 0 Å². The highest BCUT2D eigenvalue weighted by molar-refractivity contribution is 6.31. The molecule has 0 saturated carbocycles. The van der Waals surface area contributed by atoms with Crippen LogP contribution in [0, 0.1) is 0 Å². The second kappa shape index (κ2) is 7.34. The number of methoxy groups -OCH3 is 2. The summed E-state index contributed by atoms with van der Waals surface area (Å²) in [6, 6.07) is 13.8. The minimum absolute atomic E-state index is 0.141. The van der Waals surface area contributed by atoms with E-state index in [9.17, 15) is 0 Å². The number of hydrogen-bond acceptors (Lipinski definition) is 3. The number of hydrogen-bond donors (Lipinski definition) is 1. The van der Waals surface area contributed by atoms with Gasteiger partial charge >= 0.3 is 0 Å². The van der Waals surface area contributed by atoms with E-state index in [1.165, 1.54) is 0 Å². The molecule has 1 N–H and O–H groups in total. The maximum absolute atomic E-state index is 6.25. The zero-order valence-electron chi connectivity index (χ0n) is 12.5. The van der Waals surface area contributed by atoms with Gasteiger partial charge in [-0.05, 0) is 25.1 Å². The summed E-state index contributed by atoms with van der Waals surface area (Å²) in [5.41, 5.74) is 2.08. The highest BCUT2D eigenvalue weighted by atomic mass is 35.5. The number of rotatable bonds is 6. The third-order valence-electron chi connectivity index (χ3n) is 3.49. The Kier molecular flexibility index (Phi) is 5.48. The van der Waals surface area contributed by atoms with Crippen molar-refractivity contribution in [1.29, 1.82) is 0 Å². The van der Waals surface area contributed by atoms with Gasteiger partial charge in [-0.2, -0.15) is 0 Å². The fourth-order valence-corrected chi connectivity index (χ4v) is 2.52. The molecule has 4 heteroatoms. The van der Waals surface area contributed by atoms with Gasteiger partial charge in [0.15, 0.2) is 0 Å². The first-order valence-corrected chi connectivity index (χ1v) is 7.22. The highest BCUT2D eigenvalue weighted by Crippen LogP contribution is 2.28. The largest absolute Gasteiger partial charge is 0.496 e. The molecule has 112 valence electrons. The molecule has 0 bridgehead atoms. The number of nitrogens with one attached hydrogen (secondary N) is 1. The van der Waals surface area contributed by atoms with Gasteiger partial charge in [-0.3, -0.25) is 0 Å². The number of halogens is 1. The van der Waals surface area contributed by atoms with Crippen LogP contribution in [0.3, 0.4) is 0 Å². The smallest absolute Gasteiger partial charge is 0.124 e. The molecule has 0 radical (unpaired) electrons. The van der Waals surface area contributed by atoms with Crippen molar-refractivity contribution in [1.82, 2.24) is 5.32 Å². The van der Waals surface area contributed by atoms with Crippen molar-refractivity contribution in [3.63, 3.8) is 0 Å². The van der Waals surface area contributed by atoms with Crippen LogP contribution in [0.2, 0.25) is 5.02 Å². The average molecular weight is 306 g/mol. The van der Waals surface area contributed by atoms with E-state index in [2.05, 4.69) is 18.3 Å². The van der Waals surface area contributed by atoms with Gasteiger partial charge in [0.1, 0.15) is 11.5 Å². The van der Waals surface area contributed by atoms with E-state index < -0.39 is 0 Å². The third-order valence-corrected chi connectivity index (χ3v) is 3.84. The molecule has 0 saturated heterocycles. The van der Waals surface area contributed by atoms with Crippen LogP contribution < -0.4 is 14.8 Å². The van der Waals surface area contributed by atoms with E-state index >= 15 is 0 Å². The molecule has 0 aliphatic carbocycles. The van der Waals surface area contributed by atoms with Crippen molar-refractivity contribution >= 4 is 11.6 Å². The van der Waals surface area contributed by atoms with Gasteiger partial charge in [0.25, 0.3) is 0 Å². The third kappa shape index (κ3) is 3.69. The lowest BCUT2D eigenvalue weighted by atomic mass is 10.1. The van der Waals surface area contributed by atoms with Crippen molar-refractivity contribution < 1.29 is 9.47 Å². The predicted octanol–water partition coefficient (Wildman–Crippen LogP) is 4.21. The Hall–Kier alpha value is -1.71. The number of benzene rings is 2. The number of para-hydroxylation sites is 1. The number of ether oxygens (including phenoxy) is 2. The second-order valence-electron chi connectivity index (χ2n) is 4.77. The van der Waals surface area contributed by atoms with E-state index in [1.54, 1.807) is 14.2 Å². The molecule has 3 nitrogen and oxygen atoms in total. The van der Waals surface area contributed by atoms with Gasteiger partial charge in [0.2, 0.25) is 0 Å². The molecule has 0 aliphatic rings. The monoisotopic (exact) mass is 305 g/mol. The Morgan fingerprint density at radius 1 is 1.00 bits per heavy atom. The first-order valence-electron chi connectivity index (χ1n) is 6.85. The SMILES string of the molecule is COc1ccccc1[C@H](C)NCc1c(Cl)cccc1OC. The molecule has 21 heavy (non-hydrogen) atoms. The predicted molar refractivity (Wildman–Crippen MR) is 86.3 cm³/mol. The van der Waals surface area contributed by atoms with E-state index in [4.69, 9.17) is 21.1 Å². The summed E-state index contributed by atoms with van der Waals surface area (Å²) in [7, 11) is 3.33. The normalized spacial score (nSPS) is 12.0. The fourth-order valence-electron chi connectivity index (χ4n) is 2.29. The molecule has 0 heterocycles. The topological polar surface area (TPSA) is 30.5 Å². The molecule has 0 spiro atoms. The van der Waals surface area contributed by atoms with Crippen molar-refractivity contribution in [2.45, 2.75) is 19.5 Å². The van der Waals surface area contributed by atoms with Crippen molar-refractivity contribution in [3.05, 3.63) is 58.6 Å². The van der Waals surface area contributed by atoms with E-state index in [1.807, 2.05) is 36.4 Å². The molecule has 0 aliphatic heterocycles. The fraction of sp³-hybridized carbons (Fsp3) is 0.294. The summed E-state index contributed by atoms with van der Waals surface area (Å²) < 4.78 is 10.8. The van der Waals surface area contributed by atoms with Crippen molar-refractivity contribution in [2.75, 3.05) is 14.2 Å². The molecule has 2 rings (SSSR count). The van der Waals surface area contributed by atoms with Gasteiger partial charge in [-0.25, -0.2) is 0 Å². The molecule has 0 amide bonds. The van der Waals surface area contributed by atoms with Gasteiger partial charge in [0, 0.05) is 28.7 Å². The second-order valence-corrected chi connectivity index (χ2v) is 5.17. The van der Waals surface area contributed by atoms with E-state index in [-0.39, 0.29) is 6.04 Å².